The van der Waals surface area contributed by atoms with Crippen molar-refractivity contribution < 1.29 is 42.5 Å². The summed E-state index contributed by atoms with van der Waals surface area (Å²) in [6.45, 7) is 2.28. The van der Waals surface area contributed by atoms with Crippen LogP contribution in [0.25, 0.3) is 21.8 Å². The Morgan fingerprint density at radius 1 is 0.684 bits per heavy atom. The van der Waals surface area contributed by atoms with Gasteiger partial charge in [0.1, 0.15) is 31.0 Å². The lowest BCUT2D eigenvalue weighted by atomic mass is 10.0. The van der Waals surface area contributed by atoms with Crippen molar-refractivity contribution in [3.8, 4) is 0 Å². The molecule has 2 aromatic heterocycles. The molecule has 2 fully saturated rings. The van der Waals surface area contributed by atoms with Crippen molar-refractivity contribution >= 4 is 40.0 Å². The van der Waals surface area contributed by atoms with Crippen LogP contribution in [0, 0.1) is 11.6 Å². The van der Waals surface area contributed by atoms with E-state index < -0.39 is 18.3 Å². The summed E-state index contributed by atoms with van der Waals surface area (Å²) in [6.07, 6.45) is 3.99. The van der Waals surface area contributed by atoms with Gasteiger partial charge in [-0.1, -0.05) is 60.7 Å². The number of aliphatic hydroxyl groups is 1. The van der Waals surface area contributed by atoms with E-state index in [1.165, 1.54) is 31.2 Å². The molecule has 4 atom stereocenters. The van der Waals surface area contributed by atoms with Crippen LogP contribution >= 0.6 is 0 Å². The normalized spacial score (nSPS) is 19.0. The van der Waals surface area contributed by atoms with Crippen molar-refractivity contribution in [3.05, 3.63) is 143 Å². The highest BCUT2D eigenvalue weighted by Gasteiger charge is 2.38. The Bertz CT molecular complexity index is 2320. The van der Waals surface area contributed by atoms with Crippen molar-refractivity contribution in [3.63, 3.8) is 0 Å². The Hall–Kier alpha value is -6.21. The van der Waals surface area contributed by atoms with Crippen LogP contribution in [-0.2, 0) is 45.1 Å². The molecule has 0 bridgehead atoms. The summed E-state index contributed by atoms with van der Waals surface area (Å²) in [5.41, 5.74) is 5.21. The number of aromatic amines is 2. The number of hydrogen-bond acceptors (Lipinski definition) is 7. The smallest absolute Gasteiger partial charge is 0.410 e. The van der Waals surface area contributed by atoms with Crippen molar-refractivity contribution in [2.24, 2.45) is 0 Å². The lowest BCUT2D eigenvalue weighted by Crippen LogP contribution is -2.37. The van der Waals surface area contributed by atoms with Crippen LogP contribution in [0.1, 0.15) is 42.0 Å². The number of rotatable bonds is 9. The second-order valence-electron chi connectivity index (χ2n) is 14.5. The Morgan fingerprint density at radius 2 is 1.16 bits per heavy atom. The standard InChI is InChI=1S/C23H23FN2O4.C21H21FN2O3/c1-15(27)30-20-11-19(9-17-12-25-22-10-18(24)7-8-21(17)22)26(13-20)23(28)29-14-16-5-3-2-4-6-16;22-16-6-7-19-15(11-23-20(19)9-16)8-17-10-18(25)12-24(17)21(26)27-13-14-4-2-1-3-5-14/h2-8,10,12,19-20,25H,9,11,13-14H2,1H3;1-7,9,11,17-18,23,25H,8,10,12-13H2/t19-,20+;17-,18+/m11/s1. The van der Waals surface area contributed by atoms with E-state index in [0.717, 1.165) is 38.5 Å². The van der Waals surface area contributed by atoms with Gasteiger partial charge < -0.3 is 39.1 Å². The van der Waals surface area contributed by atoms with E-state index in [1.807, 2.05) is 73.1 Å². The van der Waals surface area contributed by atoms with Gasteiger partial charge in [-0.2, -0.15) is 0 Å². The molecule has 0 unspecified atom stereocenters. The maximum Gasteiger partial charge on any atom is 0.410 e. The molecule has 6 aromatic rings. The Labute approximate surface area is 328 Å². The number of β-amino-alcohol motifs (C(OH)–C–C–N with tert-alkyl or cyclic N) is 1. The number of likely N-dealkylation sites (tertiary alicyclic amines) is 2. The average Bonchev–Trinajstić information content (AvgIpc) is 3.99. The van der Waals surface area contributed by atoms with E-state index >= 15 is 0 Å². The first-order valence-corrected chi connectivity index (χ1v) is 18.9. The van der Waals surface area contributed by atoms with Crippen LogP contribution in [0.2, 0.25) is 0 Å². The summed E-state index contributed by atoms with van der Waals surface area (Å²) in [6, 6.07) is 27.8. The highest BCUT2D eigenvalue weighted by molar-refractivity contribution is 5.84. The highest BCUT2D eigenvalue weighted by atomic mass is 19.1. The molecule has 2 amide bonds. The van der Waals surface area contributed by atoms with Gasteiger partial charge in [-0.05, 0) is 77.9 Å². The number of nitrogens with one attached hydrogen (secondary N) is 2. The van der Waals surface area contributed by atoms with E-state index in [-0.39, 0.29) is 62.1 Å². The monoisotopic (exact) mass is 778 g/mol. The van der Waals surface area contributed by atoms with Crippen molar-refractivity contribution in [2.45, 2.75) is 70.1 Å². The molecule has 57 heavy (non-hydrogen) atoms. The Morgan fingerprint density at radius 3 is 1.65 bits per heavy atom. The molecule has 0 radical (unpaired) electrons. The molecule has 8 rings (SSSR count). The van der Waals surface area contributed by atoms with Crippen molar-refractivity contribution in [2.75, 3.05) is 13.1 Å². The zero-order chi connectivity index (χ0) is 39.9. The van der Waals surface area contributed by atoms with E-state index in [9.17, 15) is 28.3 Å². The number of carbonyl (C=O) groups excluding carboxylic acids is 3. The molecule has 0 aliphatic carbocycles. The fourth-order valence-corrected chi connectivity index (χ4v) is 7.69. The number of fused-ring (bicyclic) bond motifs is 2. The van der Waals surface area contributed by atoms with Crippen molar-refractivity contribution in [1.29, 1.82) is 0 Å². The molecule has 2 aliphatic rings. The maximum absolute atomic E-state index is 13.5. The molecule has 2 aliphatic heterocycles. The lowest BCUT2D eigenvalue weighted by molar-refractivity contribution is -0.145. The topological polar surface area (TPSA) is 137 Å². The second kappa shape index (κ2) is 17.7. The van der Waals surface area contributed by atoms with Gasteiger partial charge >= 0.3 is 18.2 Å². The van der Waals surface area contributed by atoms with Gasteiger partial charge in [0.05, 0.1) is 19.2 Å². The van der Waals surface area contributed by atoms with E-state index in [4.69, 9.17) is 14.2 Å². The molecule has 3 N–H and O–H groups in total. The summed E-state index contributed by atoms with van der Waals surface area (Å²) < 4.78 is 43.2. The van der Waals surface area contributed by atoms with Gasteiger partial charge in [0.15, 0.2) is 0 Å². The summed E-state index contributed by atoms with van der Waals surface area (Å²) in [7, 11) is 0. The third-order valence-corrected chi connectivity index (χ3v) is 10.4. The number of carbonyl (C=O) groups is 3. The molecule has 13 heteroatoms. The van der Waals surface area contributed by atoms with E-state index in [2.05, 4.69) is 9.97 Å². The number of aliphatic hydroxyl groups excluding tert-OH is 1. The van der Waals surface area contributed by atoms with Crippen molar-refractivity contribution in [1.82, 2.24) is 19.8 Å². The van der Waals surface area contributed by atoms with Crippen LogP contribution in [-0.4, -0.2) is 80.4 Å². The zero-order valence-electron chi connectivity index (χ0n) is 31.4. The molecule has 11 nitrogen and oxygen atoms in total. The number of halogens is 2. The SMILES string of the molecule is CC(=O)O[C@H]1C[C@@H](Cc2c[nH]c3cc(F)ccc23)N(C(=O)OCc2ccccc2)C1.O=C(OCc1ccccc1)N1C[C@@H](O)C[C@H]1Cc1c[nH]c2cc(F)ccc12. The molecule has 4 heterocycles. The highest BCUT2D eigenvalue weighted by Crippen LogP contribution is 2.29. The first-order valence-electron chi connectivity index (χ1n) is 18.9. The molecule has 4 aromatic carbocycles. The van der Waals surface area contributed by atoms with Crippen LogP contribution in [0.5, 0.6) is 0 Å². The predicted molar refractivity (Wildman–Crippen MR) is 209 cm³/mol. The average molecular weight is 779 g/mol. The first-order chi connectivity index (χ1) is 27.6. The third kappa shape index (κ3) is 9.79. The number of H-pyrrole nitrogens is 2. The van der Waals surface area contributed by atoms with Crippen LogP contribution in [0.3, 0.4) is 0 Å². The number of amides is 2. The van der Waals surface area contributed by atoms with Crippen LogP contribution in [0.4, 0.5) is 18.4 Å². The van der Waals surface area contributed by atoms with Gasteiger partial charge in [-0.15, -0.1) is 0 Å². The summed E-state index contributed by atoms with van der Waals surface area (Å²) in [5, 5.41) is 11.9. The number of esters is 1. The largest absolute Gasteiger partial charge is 0.461 e. The van der Waals surface area contributed by atoms with Crippen LogP contribution < -0.4 is 0 Å². The summed E-state index contributed by atoms with van der Waals surface area (Å²) in [5.74, 6) is -0.975. The summed E-state index contributed by atoms with van der Waals surface area (Å²) >= 11 is 0. The predicted octanol–water partition coefficient (Wildman–Crippen LogP) is 7.81. The first kappa shape index (κ1) is 39.0. The molecular formula is C44H44F2N4O7. The van der Waals surface area contributed by atoms with Gasteiger partial charge in [-0.3, -0.25) is 4.79 Å². The number of nitrogens with zero attached hydrogens (tertiary/aromatic N) is 2. The van der Waals surface area contributed by atoms with E-state index in [1.54, 1.807) is 21.9 Å². The number of aromatic nitrogens is 2. The number of benzene rings is 4. The van der Waals surface area contributed by atoms with Crippen LogP contribution in [0.15, 0.2) is 109 Å². The van der Waals surface area contributed by atoms with Gasteiger partial charge in [-0.25, -0.2) is 18.4 Å². The molecule has 2 saturated heterocycles. The molecule has 296 valence electrons. The molecule has 0 saturated carbocycles. The minimum absolute atomic E-state index is 0.160. The molecule has 0 spiro atoms. The Balaban J connectivity index is 0.000000175. The fraction of sp³-hybridized carbons (Fsp3) is 0.295. The number of ether oxygens (including phenoxy) is 3. The Kier molecular flexibility index (Phi) is 12.1. The summed E-state index contributed by atoms with van der Waals surface area (Å²) in [4.78, 5) is 46.1. The molecular weight excluding hydrogens is 735 g/mol. The minimum Gasteiger partial charge on any atom is -0.461 e. The lowest BCUT2D eigenvalue weighted by Gasteiger charge is -2.23. The van der Waals surface area contributed by atoms with E-state index in [0.29, 0.717) is 31.2 Å². The van der Waals surface area contributed by atoms with Gasteiger partial charge in [0.25, 0.3) is 0 Å². The maximum atomic E-state index is 13.5. The fourth-order valence-electron chi connectivity index (χ4n) is 7.69. The second-order valence-corrected chi connectivity index (χ2v) is 14.5. The van der Waals surface area contributed by atoms with Gasteiger partial charge in [0, 0.05) is 59.6 Å². The quantitative estimate of drug-likeness (QED) is 0.101. The number of hydrogen-bond donors (Lipinski definition) is 3. The third-order valence-electron chi connectivity index (χ3n) is 10.4. The zero-order valence-corrected chi connectivity index (χ0v) is 31.4. The van der Waals surface area contributed by atoms with Gasteiger partial charge in [0.2, 0.25) is 0 Å². The minimum atomic E-state index is -0.568.